The predicted molar refractivity (Wildman–Crippen MR) is 56.1 cm³/mol. The quantitative estimate of drug-likeness (QED) is 0.505. The summed E-state index contributed by atoms with van der Waals surface area (Å²) in [5.41, 5.74) is 2.64. The Hall–Kier alpha value is -0.970. The number of nitrogens with one attached hydrogen (secondary N) is 1. The van der Waals surface area contributed by atoms with E-state index in [-0.39, 0.29) is 19.7 Å². The summed E-state index contributed by atoms with van der Waals surface area (Å²) in [5.74, 6) is 5.16. The zero-order valence-electron chi connectivity index (χ0n) is 8.74. The number of nitrogen functional groups attached to an aromatic ring is 1. The van der Waals surface area contributed by atoms with Crippen LogP contribution in [0.3, 0.4) is 0 Å². The van der Waals surface area contributed by atoms with Gasteiger partial charge in [0.15, 0.2) is 0 Å². The number of hydrogen-bond donors (Lipinski definition) is 3. The third kappa shape index (κ3) is 4.81. The van der Waals surface area contributed by atoms with Gasteiger partial charge in [0.05, 0.1) is 13.2 Å². The van der Waals surface area contributed by atoms with Gasteiger partial charge in [0.2, 0.25) is 0 Å². The molecule has 0 atom stereocenters. The lowest BCUT2D eigenvalue weighted by Crippen LogP contribution is -2.36. The molecule has 1 rings (SSSR count). The minimum Gasteiger partial charge on any atom is -0.395 e. The van der Waals surface area contributed by atoms with Crippen LogP contribution < -0.4 is 11.3 Å². The van der Waals surface area contributed by atoms with E-state index in [1.807, 2.05) is 0 Å². The zero-order chi connectivity index (χ0) is 12.9. The van der Waals surface area contributed by atoms with E-state index in [0.29, 0.717) is 10.7 Å². The van der Waals surface area contributed by atoms with E-state index >= 15 is 0 Å². The van der Waals surface area contributed by atoms with Gasteiger partial charge in [-0.15, -0.1) is 5.10 Å². The van der Waals surface area contributed by atoms with Crippen LogP contribution in [0.1, 0.15) is 5.69 Å². The standard InChI is InChI=1S/C7H12F3N5OS/c8-7(9,10)4-15(1-2-16)3-5-6(12-11)17-14-13-5/h12,16H,1-4,11H2. The van der Waals surface area contributed by atoms with Crippen molar-refractivity contribution < 1.29 is 18.3 Å². The van der Waals surface area contributed by atoms with Crippen LogP contribution in [0.25, 0.3) is 0 Å². The third-order valence-corrected chi connectivity index (χ3v) is 2.58. The van der Waals surface area contributed by atoms with Gasteiger partial charge in [-0.1, -0.05) is 4.49 Å². The molecule has 0 aliphatic rings. The third-order valence-electron chi connectivity index (χ3n) is 1.88. The molecule has 1 aromatic rings. The maximum Gasteiger partial charge on any atom is 0.401 e. The van der Waals surface area contributed by atoms with E-state index in [2.05, 4.69) is 15.0 Å². The Morgan fingerprint density at radius 1 is 1.47 bits per heavy atom. The smallest absolute Gasteiger partial charge is 0.395 e. The van der Waals surface area contributed by atoms with Crippen LogP contribution >= 0.6 is 11.5 Å². The van der Waals surface area contributed by atoms with Gasteiger partial charge >= 0.3 is 6.18 Å². The second kappa shape index (κ2) is 6.10. The second-order valence-corrected chi connectivity index (χ2v) is 4.00. The average Bonchev–Trinajstić information content (AvgIpc) is 2.63. The molecule has 10 heteroatoms. The fraction of sp³-hybridized carbons (Fsp3) is 0.714. The van der Waals surface area contributed by atoms with Crippen LogP contribution in [0.2, 0.25) is 0 Å². The number of nitrogens with zero attached hydrogens (tertiary/aromatic N) is 3. The summed E-state index contributed by atoms with van der Waals surface area (Å²) in [6.07, 6.45) is -4.32. The van der Waals surface area contributed by atoms with Gasteiger partial charge in [0.25, 0.3) is 0 Å². The van der Waals surface area contributed by atoms with Crippen LogP contribution in [0.5, 0.6) is 0 Å². The second-order valence-electron chi connectivity index (χ2n) is 3.24. The summed E-state index contributed by atoms with van der Waals surface area (Å²) >= 11 is 0.960. The SMILES string of the molecule is NNc1snnc1CN(CCO)CC(F)(F)F. The number of hydrogen-bond acceptors (Lipinski definition) is 7. The minimum absolute atomic E-state index is 0.0733. The molecule has 0 fully saturated rings. The molecule has 17 heavy (non-hydrogen) atoms. The lowest BCUT2D eigenvalue weighted by molar-refractivity contribution is -0.148. The number of halogens is 3. The molecule has 98 valence electrons. The van der Waals surface area contributed by atoms with Gasteiger partial charge in [-0.25, -0.2) is 5.84 Å². The van der Waals surface area contributed by atoms with Crippen molar-refractivity contribution in [3.63, 3.8) is 0 Å². The molecular formula is C7H12F3N5OS. The summed E-state index contributed by atoms with van der Waals surface area (Å²) in [7, 11) is 0. The van der Waals surface area contributed by atoms with Gasteiger partial charge in [-0.3, -0.25) is 4.90 Å². The van der Waals surface area contributed by atoms with Crippen molar-refractivity contribution in [1.82, 2.24) is 14.5 Å². The van der Waals surface area contributed by atoms with E-state index in [1.165, 1.54) is 0 Å². The molecule has 0 unspecified atom stereocenters. The fourth-order valence-electron chi connectivity index (χ4n) is 1.24. The fourth-order valence-corrected chi connectivity index (χ4v) is 1.73. The number of aromatic nitrogens is 2. The lowest BCUT2D eigenvalue weighted by atomic mass is 10.3. The van der Waals surface area contributed by atoms with Crippen molar-refractivity contribution in [2.45, 2.75) is 12.7 Å². The number of nitrogens with two attached hydrogens (primary N) is 1. The molecule has 0 bridgehead atoms. The van der Waals surface area contributed by atoms with Gasteiger partial charge in [-0.05, 0) is 0 Å². The van der Waals surface area contributed by atoms with Gasteiger partial charge < -0.3 is 10.5 Å². The van der Waals surface area contributed by atoms with E-state index in [9.17, 15) is 13.2 Å². The summed E-state index contributed by atoms with van der Waals surface area (Å²) in [6, 6.07) is 0. The first-order valence-electron chi connectivity index (χ1n) is 4.64. The summed E-state index contributed by atoms with van der Waals surface area (Å²) in [6.45, 7) is -1.65. The van der Waals surface area contributed by atoms with Gasteiger partial charge in [0.1, 0.15) is 10.7 Å². The molecule has 0 aromatic carbocycles. The maximum atomic E-state index is 12.2. The summed E-state index contributed by atoms with van der Waals surface area (Å²) < 4.78 is 40.3. The molecule has 6 nitrogen and oxygen atoms in total. The normalized spacial score (nSPS) is 12.1. The van der Waals surface area contributed by atoms with Crippen LogP contribution in [0, 0.1) is 0 Å². The van der Waals surface area contributed by atoms with Crippen molar-refractivity contribution in [3.8, 4) is 0 Å². The minimum atomic E-state index is -4.32. The molecule has 0 amide bonds. The van der Waals surface area contributed by atoms with Crippen molar-refractivity contribution in [2.75, 3.05) is 25.1 Å². The van der Waals surface area contributed by atoms with Crippen LogP contribution in [0.4, 0.5) is 18.2 Å². The molecule has 4 N–H and O–H groups in total. The molecule has 1 heterocycles. The van der Waals surface area contributed by atoms with E-state index < -0.39 is 12.7 Å². The number of anilines is 1. The Kier molecular flexibility index (Phi) is 5.05. The van der Waals surface area contributed by atoms with Crippen molar-refractivity contribution in [1.29, 1.82) is 0 Å². The Morgan fingerprint density at radius 3 is 2.71 bits per heavy atom. The molecule has 0 aliphatic heterocycles. The molecule has 0 spiro atoms. The zero-order valence-corrected chi connectivity index (χ0v) is 9.55. The number of aliphatic hydroxyl groups excluding tert-OH is 1. The Bertz CT molecular complexity index is 344. The summed E-state index contributed by atoms with van der Waals surface area (Å²) in [4.78, 5) is 1.03. The molecule has 1 aromatic heterocycles. The lowest BCUT2D eigenvalue weighted by Gasteiger charge is -2.21. The Morgan fingerprint density at radius 2 is 2.18 bits per heavy atom. The first-order valence-corrected chi connectivity index (χ1v) is 5.41. The first-order chi connectivity index (χ1) is 7.96. The first kappa shape index (κ1) is 14.1. The van der Waals surface area contributed by atoms with Crippen molar-refractivity contribution in [2.24, 2.45) is 5.84 Å². The van der Waals surface area contributed by atoms with Gasteiger partial charge in [0, 0.05) is 24.6 Å². The molecule has 0 aliphatic carbocycles. The monoisotopic (exact) mass is 271 g/mol. The van der Waals surface area contributed by atoms with Crippen LogP contribution in [0.15, 0.2) is 0 Å². The Labute approximate surface area is 99.4 Å². The maximum absolute atomic E-state index is 12.2. The van der Waals surface area contributed by atoms with Crippen LogP contribution in [-0.4, -0.2) is 45.5 Å². The van der Waals surface area contributed by atoms with Gasteiger partial charge in [-0.2, -0.15) is 13.2 Å². The average molecular weight is 271 g/mol. The summed E-state index contributed by atoms with van der Waals surface area (Å²) in [5, 5.41) is 12.8. The number of hydrazine groups is 1. The highest BCUT2D eigenvalue weighted by Gasteiger charge is 2.31. The van der Waals surface area contributed by atoms with E-state index in [4.69, 9.17) is 10.9 Å². The predicted octanol–water partition coefficient (Wildman–Crippen LogP) is 0.180. The highest BCUT2D eigenvalue weighted by Crippen LogP contribution is 2.21. The topological polar surface area (TPSA) is 87.3 Å². The number of aliphatic hydroxyl groups is 1. The highest BCUT2D eigenvalue weighted by molar-refractivity contribution is 7.10. The van der Waals surface area contributed by atoms with Crippen LogP contribution in [-0.2, 0) is 6.54 Å². The highest BCUT2D eigenvalue weighted by atomic mass is 32.1. The van der Waals surface area contributed by atoms with Crippen molar-refractivity contribution in [3.05, 3.63) is 5.69 Å². The van der Waals surface area contributed by atoms with Crippen molar-refractivity contribution >= 4 is 16.5 Å². The van der Waals surface area contributed by atoms with E-state index in [1.54, 1.807) is 0 Å². The number of alkyl halides is 3. The molecule has 0 saturated heterocycles. The Balaban J connectivity index is 2.66. The largest absolute Gasteiger partial charge is 0.401 e. The molecule has 0 saturated carbocycles. The molecule has 0 radical (unpaired) electrons. The number of rotatable bonds is 6. The van der Waals surface area contributed by atoms with E-state index in [0.717, 1.165) is 16.4 Å². The molecular weight excluding hydrogens is 259 g/mol.